The van der Waals surface area contributed by atoms with Gasteiger partial charge in [0.05, 0.1) is 31.6 Å². The lowest BCUT2D eigenvalue weighted by molar-refractivity contribution is -0.658. The number of aromatic hydroxyl groups is 1. The maximum Gasteiger partial charge on any atom is 0.368 e. The number of phenols is 1. The molecule has 2 aromatic rings. The second-order valence-corrected chi connectivity index (χ2v) is 6.85. The molecule has 0 atom stereocenters. The molecule has 1 aliphatic rings. The molecular formula is C18H19N3O6S. The van der Waals surface area contributed by atoms with E-state index in [2.05, 4.69) is 9.28 Å². The van der Waals surface area contributed by atoms with Crippen molar-refractivity contribution in [3.05, 3.63) is 59.8 Å². The highest BCUT2D eigenvalue weighted by Crippen LogP contribution is 2.22. The van der Waals surface area contributed by atoms with Gasteiger partial charge in [-0.1, -0.05) is 28.3 Å². The maximum atomic E-state index is 12.6. The Hall–Kier alpha value is -3.08. The molecular weight excluding hydrogens is 386 g/mol. The second kappa shape index (κ2) is 8.74. The fourth-order valence-electron chi connectivity index (χ4n) is 2.31. The molecule has 148 valence electrons. The smallest absolute Gasteiger partial charge is 0.368 e. The van der Waals surface area contributed by atoms with E-state index in [-0.39, 0.29) is 11.7 Å². The van der Waals surface area contributed by atoms with Crippen LogP contribution in [-0.4, -0.2) is 36.8 Å². The Morgan fingerprint density at radius 3 is 2.36 bits per heavy atom. The highest BCUT2D eigenvalue weighted by atomic mass is 32.3. The van der Waals surface area contributed by atoms with Gasteiger partial charge < -0.3 is 9.66 Å². The first-order valence-corrected chi connectivity index (χ1v) is 9.32. The van der Waals surface area contributed by atoms with Crippen LogP contribution in [0.4, 0.5) is 5.82 Å². The normalized spacial score (nSPS) is 15.3. The van der Waals surface area contributed by atoms with Crippen molar-refractivity contribution in [3.8, 4) is 5.75 Å². The van der Waals surface area contributed by atoms with Gasteiger partial charge in [0.15, 0.2) is 0 Å². The number of hydrogen-bond donors (Lipinski definition) is 1. The van der Waals surface area contributed by atoms with Gasteiger partial charge in [-0.15, -0.1) is 0 Å². The third-order valence-electron chi connectivity index (χ3n) is 3.72. The Bertz CT molecular complexity index is 1030. The van der Waals surface area contributed by atoms with Crippen molar-refractivity contribution in [1.29, 1.82) is 0 Å². The molecule has 0 spiro atoms. The fourth-order valence-corrected chi connectivity index (χ4v) is 2.31. The number of aryl methyl sites for hydroxylation is 1. The van der Waals surface area contributed by atoms with E-state index in [0.29, 0.717) is 17.1 Å². The lowest BCUT2D eigenvalue weighted by Gasteiger charge is -2.05. The standard InChI is InChI=1S/C17H15N3O2.CH4O4S/c1-12-15(11-13-6-8-14(21)9-7-13)17(22)20(18-12)16-5-3-4-10-19(16)2;1-5-6(2,3)4/h3-11H,1-2H3;1H3,(H,2,3,4). The average Bonchev–Trinajstić information content (AvgIpc) is 2.92. The molecule has 0 radical (unpaired) electrons. The van der Waals surface area contributed by atoms with Crippen LogP contribution in [0.25, 0.3) is 6.08 Å². The zero-order valence-corrected chi connectivity index (χ0v) is 16.3. The van der Waals surface area contributed by atoms with Crippen LogP contribution < -0.4 is 9.58 Å². The van der Waals surface area contributed by atoms with E-state index in [0.717, 1.165) is 12.7 Å². The molecule has 0 fully saturated rings. The zero-order chi connectivity index (χ0) is 20.9. The van der Waals surface area contributed by atoms with Crippen LogP contribution >= 0.6 is 0 Å². The van der Waals surface area contributed by atoms with E-state index in [4.69, 9.17) is 0 Å². The lowest BCUT2D eigenvalue weighted by atomic mass is 10.1. The molecule has 3 rings (SSSR count). The minimum Gasteiger partial charge on any atom is -0.726 e. The summed E-state index contributed by atoms with van der Waals surface area (Å²) in [5, 5.41) is 15.1. The van der Waals surface area contributed by atoms with Gasteiger partial charge in [0.1, 0.15) is 5.75 Å². The predicted octanol–water partition coefficient (Wildman–Crippen LogP) is 1.12. The molecule has 1 aromatic heterocycles. The van der Waals surface area contributed by atoms with E-state index in [9.17, 15) is 22.9 Å². The first kappa shape index (κ1) is 21.2. The number of phenolic OH excluding ortho intramolecular Hbond substituents is 1. The summed E-state index contributed by atoms with van der Waals surface area (Å²) in [5.41, 5.74) is 2.06. The summed E-state index contributed by atoms with van der Waals surface area (Å²) in [6, 6.07) is 12.3. The number of anilines is 1. The van der Waals surface area contributed by atoms with Crippen LogP contribution in [0.1, 0.15) is 12.5 Å². The molecule has 1 N–H and O–H groups in total. The van der Waals surface area contributed by atoms with Crippen molar-refractivity contribution < 1.29 is 31.6 Å². The third-order valence-corrected chi connectivity index (χ3v) is 4.12. The third kappa shape index (κ3) is 5.46. The number of benzene rings is 1. The summed E-state index contributed by atoms with van der Waals surface area (Å²) in [4.78, 5) is 12.6. The van der Waals surface area contributed by atoms with E-state index in [1.807, 2.05) is 42.9 Å². The summed E-state index contributed by atoms with van der Waals surface area (Å²) >= 11 is 0. The minimum atomic E-state index is -4.41. The lowest BCUT2D eigenvalue weighted by Crippen LogP contribution is -2.37. The highest BCUT2D eigenvalue weighted by Gasteiger charge is 2.37. The predicted molar refractivity (Wildman–Crippen MR) is 101 cm³/mol. The van der Waals surface area contributed by atoms with Crippen LogP contribution in [0.5, 0.6) is 5.75 Å². The van der Waals surface area contributed by atoms with Crippen LogP contribution in [0.15, 0.2) is 59.3 Å². The largest absolute Gasteiger partial charge is 0.726 e. The number of hydrogen-bond acceptors (Lipinski definition) is 7. The number of pyridine rings is 1. The maximum absolute atomic E-state index is 12.6. The number of amides is 1. The molecule has 0 unspecified atom stereocenters. The van der Waals surface area contributed by atoms with Gasteiger partial charge in [-0.2, -0.15) is 0 Å². The number of hydrazone groups is 1. The van der Waals surface area contributed by atoms with E-state index in [1.165, 1.54) is 5.01 Å². The first-order valence-electron chi connectivity index (χ1n) is 7.99. The highest BCUT2D eigenvalue weighted by molar-refractivity contribution is 7.80. The van der Waals surface area contributed by atoms with Crippen molar-refractivity contribution in [1.82, 2.24) is 0 Å². The molecule has 0 saturated carbocycles. The van der Waals surface area contributed by atoms with Gasteiger partial charge in [0, 0.05) is 6.07 Å². The molecule has 28 heavy (non-hydrogen) atoms. The first-order chi connectivity index (χ1) is 13.1. The second-order valence-electron chi connectivity index (χ2n) is 5.70. The Kier molecular flexibility index (Phi) is 6.62. The summed E-state index contributed by atoms with van der Waals surface area (Å²) in [5.74, 6) is 0.747. The fraction of sp³-hybridized carbons (Fsp3) is 0.167. The summed E-state index contributed by atoms with van der Waals surface area (Å²) in [7, 11) is -1.73. The topological polar surface area (TPSA) is 123 Å². The minimum absolute atomic E-state index is 0.160. The van der Waals surface area contributed by atoms with Crippen molar-refractivity contribution in [3.63, 3.8) is 0 Å². The van der Waals surface area contributed by atoms with Crippen molar-refractivity contribution >= 4 is 33.9 Å². The molecule has 0 bridgehead atoms. The molecule has 1 amide bonds. The Morgan fingerprint density at radius 2 is 1.82 bits per heavy atom. The Morgan fingerprint density at radius 1 is 1.21 bits per heavy atom. The average molecular weight is 405 g/mol. The van der Waals surface area contributed by atoms with Gasteiger partial charge in [0.25, 0.3) is 0 Å². The van der Waals surface area contributed by atoms with Crippen molar-refractivity contribution in [2.24, 2.45) is 12.1 Å². The van der Waals surface area contributed by atoms with Crippen LogP contribution in [0.2, 0.25) is 0 Å². The van der Waals surface area contributed by atoms with E-state index < -0.39 is 10.4 Å². The Labute approximate surface area is 162 Å². The number of aromatic nitrogens is 1. The summed E-state index contributed by atoms with van der Waals surface area (Å²) in [6.07, 6.45) is 3.65. The number of nitrogens with zero attached hydrogens (tertiary/aromatic N) is 3. The van der Waals surface area contributed by atoms with Crippen LogP contribution in [-0.2, 0) is 26.4 Å². The SMILES string of the molecule is CC1=NN(c2cccc[n+]2C)C(=O)/C1=C/c1ccc(O)cc1.COS(=O)(=O)[O-]. The van der Waals surface area contributed by atoms with Gasteiger partial charge in [-0.25, -0.2) is 17.8 Å². The number of carbonyl (C=O) groups excluding carboxylic acids is 1. The van der Waals surface area contributed by atoms with Crippen molar-refractivity contribution in [2.45, 2.75) is 6.92 Å². The monoisotopic (exact) mass is 405 g/mol. The molecule has 0 saturated heterocycles. The summed E-state index contributed by atoms with van der Waals surface area (Å²) in [6.45, 7) is 1.81. The summed E-state index contributed by atoms with van der Waals surface area (Å²) < 4.78 is 32.9. The zero-order valence-electron chi connectivity index (χ0n) is 15.4. The van der Waals surface area contributed by atoms with Gasteiger partial charge in [-0.05, 0) is 36.8 Å². The van der Waals surface area contributed by atoms with E-state index in [1.54, 1.807) is 30.3 Å². The van der Waals surface area contributed by atoms with Gasteiger partial charge in [-0.3, -0.25) is 4.18 Å². The molecule has 2 heterocycles. The van der Waals surface area contributed by atoms with Crippen molar-refractivity contribution in [2.75, 3.05) is 12.1 Å². The molecule has 1 aliphatic heterocycles. The molecule has 10 heteroatoms. The number of carbonyl (C=O) groups is 1. The van der Waals surface area contributed by atoms with Crippen LogP contribution in [0, 0.1) is 0 Å². The van der Waals surface area contributed by atoms with Crippen LogP contribution in [0.3, 0.4) is 0 Å². The number of rotatable bonds is 3. The Balaban J connectivity index is 0.000000409. The van der Waals surface area contributed by atoms with Gasteiger partial charge in [0.2, 0.25) is 10.4 Å². The molecule has 1 aromatic carbocycles. The molecule has 9 nitrogen and oxygen atoms in total. The van der Waals surface area contributed by atoms with E-state index >= 15 is 0 Å². The quantitative estimate of drug-likeness (QED) is 0.353. The van der Waals surface area contributed by atoms with Gasteiger partial charge >= 0.3 is 11.7 Å². The molecule has 0 aliphatic carbocycles.